The van der Waals surface area contributed by atoms with Crippen molar-refractivity contribution >= 4 is 0 Å². The SMILES string of the molecule is C=C.OCCO.OCCOCCO. The highest BCUT2D eigenvalue weighted by Gasteiger charge is 1.79. The van der Waals surface area contributed by atoms with Crippen molar-refractivity contribution in [1.29, 1.82) is 0 Å². The molecule has 0 amide bonds. The van der Waals surface area contributed by atoms with Gasteiger partial charge in [0.2, 0.25) is 0 Å². The van der Waals surface area contributed by atoms with Gasteiger partial charge in [-0.05, 0) is 0 Å². The van der Waals surface area contributed by atoms with Crippen LogP contribution in [-0.4, -0.2) is 60.1 Å². The van der Waals surface area contributed by atoms with Crippen molar-refractivity contribution in [2.45, 2.75) is 0 Å². The third kappa shape index (κ3) is 51.0. The van der Waals surface area contributed by atoms with Gasteiger partial charge in [0, 0.05) is 0 Å². The zero-order valence-corrected chi connectivity index (χ0v) is 7.85. The van der Waals surface area contributed by atoms with Gasteiger partial charge in [0.05, 0.1) is 39.6 Å². The van der Waals surface area contributed by atoms with E-state index in [1.54, 1.807) is 0 Å². The quantitative estimate of drug-likeness (QED) is 0.326. The second kappa shape index (κ2) is 30.0. The Labute approximate surface area is 78.9 Å². The molecule has 0 spiro atoms. The molecule has 0 aromatic rings. The molecule has 0 atom stereocenters. The standard InChI is InChI=1S/C4H10O3.C2H6O2.C2H4/c5-1-3-7-4-2-6;3-1-2-4;1-2/h5-6H,1-4H2;3-4H,1-2H2;1-2H2. The highest BCUT2D eigenvalue weighted by Crippen LogP contribution is 1.68. The van der Waals surface area contributed by atoms with Crippen molar-refractivity contribution in [2.75, 3.05) is 39.6 Å². The zero-order valence-electron chi connectivity index (χ0n) is 7.85. The molecule has 0 unspecified atom stereocenters. The first-order valence-electron chi connectivity index (χ1n) is 3.84. The molecule has 0 saturated heterocycles. The van der Waals surface area contributed by atoms with Crippen molar-refractivity contribution in [3.05, 3.63) is 13.2 Å². The van der Waals surface area contributed by atoms with Gasteiger partial charge in [-0.15, -0.1) is 13.2 Å². The molecule has 0 radical (unpaired) electrons. The third-order valence-corrected chi connectivity index (χ3v) is 0.571. The number of aliphatic hydroxyl groups excluding tert-OH is 4. The van der Waals surface area contributed by atoms with Gasteiger partial charge in [-0.1, -0.05) is 0 Å². The summed E-state index contributed by atoms with van der Waals surface area (Å²) in [5.74, 6) is 0. The van der Waals surface area contributed by atoms with E-state index in [1.807, 2.05) is 0 Å². The van der Waals surface area contributed by atoms with E-state index >= 15 is 0 Å². The summed E-state index contributed by atoms with van der Waals surface area (Å²) in [4.78, 5) is 0. The lowest BCUT2D eigenvalue weighted by molar-refractivity contribution is 0.0650. The van der Waals surface area contributed by atoms with E-state index in [4.69, 9.17) is 20.4 Å². The molecular formula is C8H20O5. The van der Waals surface area contributed by atoms with E-state index in [9.17, 15) is 0 Å². The van der Waals surface area contributed by atoms with Crippen molar-refractivity contribution in [1.82, 2.24) is 0 Å². The van der Waals surface area contributed by atoms with Crippen LogP contribution in [0.25, 0.3) is 0 Å². The average molecular weight is 196 g/mol. The van der Waals surface area contributed by atoms with Gasteiger partial charge in [-0.25, -0.2) is 0 Å². The Hall–Kier alpha value is -0.460. The highest BCUT2D eigenvalue weighted by atomic mass is 16.5. The Morgan fingerprint density at radius 3 is 1.15 bits per heavy atom. The molecule has 0 aromatic carbocycles. The topological polar surface area (TPSA) is 90.2 Å². The van der Waals surface area contributed by atoms with Crippen LogP contribution in [0.3, 0.4) is 0 Å². The fraction of sp³-hybridized carbons (Fsp3) is 0.750. The summed E-state index contributed by atoms with van der Waals surface area (Å²) < 4.78 is 4.63. The molecule has 0 aromatic heterocycles. The predicted molar refractivity (Wildman–Crippen MR) is 50.4 cm³/mol. The normalized spacial score (nSPS) is 7.69. The Kier molecular flexibility index (Phi) is 42.3. The zero-order chi connectivity index (χ0) is 10.9. The molecule has 5 heteroatoms. The monoisotopic (exact) mass is 196 g/mol. The lowest BCUT2D eigenvalue weighted by atomic mass is 10.7. The Morgan fingerprint density at radius 2 is 1.00 bits per heavy atom. The van der Waals surface area contributed by atoms with Crippen LogP contribution in [0.5, 0.6) is 0 Å². The van der Waals surface area contributed by atoms with Gasteiger partial charge in [0.25, 0.3) is 0 Å². The Balaban J connectivity index is -0.000000142. The van der Waals surface area contributed by atoms with Crippen molar-refractivity contribution in [3.63, 3.8) is 0 Å². The fourth-order valence-corrected chi connectivity index (χ4v) is 0.231. The minimum Gasteiger partial charge on any atom is -0.394 e. The van der Waals surface area contributed by atoms with Crippen molar-refractivity contribution < 1.29 is 25.2 Å². The summed E-state index contributed by atoms with van der Waals surface area (Å²) in [5.41, 5.74) is 0. The Bertz CT molecular complexity index is 54.5. The first-order valence-corrected chi connectivity index (χ1v) is 3.84. The van der Waals surface area contributed by atoms with Crippen LogP contribution < -0.4 is 0 Å². The maximum atomic E-state index is 8.09. The number of hydrogen-bond acceptors (Lipinski definition) is 5. The third-order valence-electron chi connectivity index (χ3n) is 0.571. The lowest BCUT2D eigenvalue weighted by Gasteiger charge is -1.94. The maximum Gasteiger partial charge on any atom is 0.0698 e. The van der Waals surface area contributed by atoms with Gasteiger partial charge in [-0.3, -0.25) is 0 Å². The van der Waals surface area contributed by atoms with Crippen LogP contribution in [0.2, 0.25) is 0 Å². The van der Waals surface area contributed by atoms with Gasteiger partial charge < -0.3 is 25.2 Å². The average Bonchev–Trinajstić information content (AvgIpc) is 2.22. The summed E-state index contributed by atoms with van der Waals surface area (Å²) in [6.45, 7) is 6.45. The summed E-state index contributed by atoms with van der Waals surface area (Å²) in [6.07, 6.45) is 0. The lowest BCUT2D eigenvalue weighted by Crippen LogP contribution is -2.03. The molecule has 0 heterocycles. The van der Waals surface area contributed by atoms with Crippen LogP contribution in [0, 0.1) is 0 Å². The van der Waals surface area contributed by atoms with Crippen LogP contribution in [0.1, 0.15) is 0 Å². The minimum absolute atomic E-state index is 0.0278. The van der Waals surface area contributed by atoms with E-state index in [0.29, 0.717) is 13.2 Å². The highest BCUT2D eigenvalue weighted by molar-refractivity contribution is 4.24. The number of ether oxygens (including phenoxy) is 1. The second-order valence-electron chi connectivity index (χ2n) is 1.51. The van der Waals surface area contributed by atoms with E-state index in [-0.39, 0.29) is 26.4 Å². The van der Waals surface area contributed by atoms with E-state index < -0.39 is 0 Å². The summed E-state index contributed by atoms with van der Waals surface area (Å²) >= 11 is 0. The molecule has 82 valence electrons. The van der Waals surface area contributed by atoms with Crippen LogP contribution in [0.15, 0.2) is 13.2 Å². The largest absolute Gasteiger partial charge is 0.394 e. The summed E-state index contributed by atoms with van der Waals surface area (Å²) in [7, 11) is 0. The van der Waals surface area contributed by atoms with E-state index in [0.717, 1.165) is 0 Å². The predicted octanol–water partition coefficient (Wildman–Crippen LogP) is -1.24. The fourth-order valence-electron chi connectivity index (χ4n) is 0.231. The molecular weight excluding hydrogens is 176 g/mol. The van der Waals surface area contributed by atoms with Gasteiger partial charge >= 0.3 is 0 Å². The molecule has 4 N–H and O–H groups in total. The molecule has 13 heavy (non-hydrogen) atoms. The molecule has 0 fully saturated rings. The van der Waals surface area contributed by atoms with Crippen LogP contribution in [-0.2, 0) is 4.74 Å². The molecule has 0 aliphatic rings. The first-order chi connectivity index (χ1) is 6.33. The smallest absolute Gasteiger partial charge is 0.0698 e. The summed E-state index contributed by atoms with van der Waals surface area (Å²) in [5, 5.41) is 31.4. The van der Waals surface area contributed by atoms with Crippen molar-refractivity contribution in [2.24, 2.45) is 0 Å². The molecule has 0 saturated carbocycles. The first kappa shape index (κ1) is 18.3. The van der Waals surface area contributed by atoms with Gasteiger partial charge in [0.1, 0.15) is 0 Å². The molecule has 5 nitrogen and oxygen atoms in total. The molecule has 0 bridgehead atoms. The van der Waals surface area contributed by atoms with E-state index in [2.05, 4.69) is 17.9 Å². The second-order valence-corrected chi connectivity index (χ2v) is 1.51. The molecule has 0 rings (SSSR count). The maximum absolute atomic E-state index is 8.09. The minimum atomic E-state index is -0.125. The van der Waals surface area contributed by atoms with Crippen LogP contribution >= 0.6 is 0 Å². The number of rotatable bonds is 5. The number of hydrogen-bond donors (Lipinski definition) is 4. The van der Waals surface area contributed by atoms with Gasteiger partial charge in [0.15, 0.2) is 0 Å². The van der Waals surface area contributed by atoms with E-state index in [1.165, 1.54) is 0 Å². The Morgan fingerprint density at radius 1 is 0.692 bits per heavy atom. The molecule has 0 aliphatic heterocycles. The molecule has 0 aliphatic carbocycles. The number of aliphatic hydroxyl groups is 4. The van der Waals surface area contributed by atoms with Crippen LogP contribution in [0.4, 0.5) is 0 Å². The van der Waals surface area contributed by atoms with Gasteiger partial charge in [-0.2, -0.15) is 0 Å². The van der Waals surface area contributed by atoms with Crippen molar-refractivity contribution in [3.8, 4) is 0 Å². The summed E-state index contributed by atoms with van der Waals surface area (Å²) in [6, 6.07) is 0.